The number of alkyl halides is 3. The van der Waals surface area contributed by atoms with Crippen molar-refractivity contribution < 1.29 is 32.2 Å². The number of carbonyl (C=O) groups excluding carboxylic acids is 2. The minimum Gasteiger partial charge on any atom is -0.495 e. The van der Waals surface area contributed by atoms with Crippen LogP contribution in [0.15, 0.2) is 48.7 Å². The molecule has 0 bridgehead atoms. The number of hydrogen-bond acceptors (Lipinski definition) is 9. The molecule has 2 amide bonds. The molecule has 0 unspecified atom stereocenters. The van der Waals surface area contributed by atoms with Gasteiger partial charge in [-0.1, -0.05) is 46.4 Å². The zero-order chi connectivity index (χ0) is 43.5. The molecule has 60 heavy (non-hydrogen) atoms. The van der Waals surface area contributed by atoms with Gasteiger partial charge < -0.3 is 29.1 Å². The lowest BCUT2D eigenvalue weighted by molar-refractivity contribution is -0.141. The average molecular weight is 1030 g/mol. The lowest BCUT2D eigenvalue weighted by Crippen LogP contribution is -2.49. The van der Waals surface area contributed by atoms with Crippen LogP contribution in [0.1, 0.15) is 17.1 Å². The molecule has 0 spiro atoms. The molecule has 0 N–H and O–H groups in total. The van der Waals surface area contributed by atoms with Crippen molar-refractivity contribution >= 4 is 92.2 Å². The van der Waals surface area contributed by atoms with E-state index in [2.05, 4.69) is 47.7 Å². The van der Waals surface area contributed by atoms with E-state index in [-0.39, 0.29) is 35.7 Å². The number of halogens is 8. The van der Waals surface area contributed by atoms with Gasteiger partial charge in [0.05, 0.1) is 40.7 Å². The molecule has 2 saturated heterocycles. The van der Waals surface area contributed by atoms with Crippen LogP contribution in [0.4, 0.5) is 24.5 Å². The summed E-state index contributed by atoms with van der Waals surface area (Å²) in [6.07, 6.45) is -3.45. The van der Waals surface area contributed by atoms with Gasteiger partial charge in [0.15, 0.2) is 11.5 Å². The molecule has 2 aromatic carbocycles. The van der Waals surface area contributed by atoms with Gasteiger partial charge in [-0.05, 0) is 66.8 Å². The van der Waals surface area contributed by atoms with E-state index < -0.39 is 11.9 Å². The van der Waals surface area contributed by atoms with E-state index in [9.17, 15) is 22.8 Å². The molecule has 322 valence electrons. The molecule has 5 heterocycles. The molecule has 7 rings (SSSR count). The third kappa shape index (κ3) is 10.3. The molecule has 0 aliphatic carbocycles. The fourth-order valence-corrected chi connectivity index (χ4v) is 8.02. The van der Waals surface area contributed by atoms with Gasteiger partial charge in [-0.25, -0.2) is 4.68 Å². The second-order valence-electron chi connectivity index (χ2n) is 13.7. The monoisotopic (exact) mass is 1020 g/mol. The summed E-state index contributed by atoms with van der Waals surface area (Å²) in [5.41, 5.74) is 2.22. The van der Waals surface area contributed by atoms with Crippen molar-refractivity contribution in [2.45, 2.75) is 33.1 Å². The van der Waals surface area contributed by atoms with Crippen molar-refractivity contribution in [2.75, 3.05) is 76.4 Å². The third-order valence-corrected chi connectivity index (χ3v) is 12.7. The number of methoxy groups -OCH3 is 2. The Kier molecular flexibility index (Phi) is 14.6. The van der Waals surface area contributed by atoms with Gasteiger partial charge in [-0.15, -0.1) is 0 Å². The van der Waals surface area contributed by atoms with Crippen LogP contribution >= 0.6 is 69.0 Å². The van der Waals surface area contributed by atoms with E-state index in [0.717, 1.165) is 50.8 Å². The SMILES string of the molecule is COc1cc(N2CCN(C(=O)Cn3nc(-n4ccc(C(F)(F)F)n4)c(Cl)c3C)CC2)ccc1Cl.COc1cc(N2CCN(C(=O)Cn3nc(I)c(Cl)c3C)CC2)ccc1Cl. The molecule has 0 saturated carbocycles. The Labute approximate surface area is 377 Å². The highest BCUT2D eigenvalue weighted by molar-refractivity contribution is 14.1. The number of benzene rings is 2. The minimum absolute atomic E-state index is 0.0315. The predicted molar refractivity (Wildman–Crippen MR) is 232 cm³/mol. The smallest absolute Gasteiger partial charge is 0.435 e. The molecular weight excluding hydrogens is 986 g/mol. The van der Waals surface area contributed by atoms with Crippen molar-refractivity contribution in [1.29, 1.82) is 0 Å². The Morgan fingerprint density at radius 1 is 0.683 bits per heavy atom. The van der Waals surface area contributed by atoms with E-state index >= 15 is 0 Å². The molecule has 2 fully saturated rings. The predicted octanol–water partition coefficient (Wildman–Crippen LogP) is 7.52. The fraction of sp³-hybridized carbons (Fsp3) is 0.395. The van der Waals surface area contributed by atoms with Gasteiger partial charge >= 0.3 is 6.18 Å². The number of carbonyl (C=O) groups is 2. The number of amides is 2. The molecular formula is C38H40Cl4F3IN10O4. The molecule has 5 aromatic rings. The van der Waals surface area contributed by atoms with Gasteiger partial charge in [0.25, 0.3) is 0 Å². The van der Waals surface area contributed by atoms with Gasteiger partial charge in [0.1, 0.15) is 33.3 Å². The summed E-state index contributed by atoms with van der Waals surface area (Å²) in [4.78, 5) is 33.4. The molecule has 0 atom stereocenters. The Morgan fingerprint density at radius 2 is 1.13 bits per heavy atom. The van der Waals surface area contributed by atoms with Crippen molar-refractivity contribution in [2.24, 2.45) is 0 Å². The first-order valence-corrected chi connectivity index (χ1v) is 21.0. The third-order valence-electron chi connectivity index (χ3n) is 10.1. The molecule has 14 nitrogen and oxygen atoms in total. The standard InChI is InChI=1S/C21H21Cl2F3N6O2.C17H19Cl2IN4O2/c1-13-19(23)20(31-6-5-17(27-31)21(24,25)26)28-32(13)12-18(33)30-9-7-29(8-10-30)14-3-4-15(22)16(11-14)34-2;1-11-16(19)17(20)21-24(11)10-15(25)23-7-5-22(6-8-23)12-3-4-13(18)14(9-12)26-2/h3-6,11H,7-10,12H2,1-2H3;3-4,9H,5-8,10H2,1-2H3. The Balaban J connectivity index is 0.000000209. The fourth-order valence-electron chi connectivity index (χ4n) is 6.62. The summed E-state index contributed by atoms with van der Waals surface area (Å²) in [5, 5.41) is 13.9. The minimum atomic E-state index is -4.58. The quantitative estimate of drug-likeness (QED) is 0.138. The first kappa shape index (κ1) is 45.4. The second-order valence-corrected chi connectivity index (χ2v) is 16.3. The number of anilines is 2. The molecule has 0 radical (unpaired) electrons. The summed E-state index contributed by atoms with van der Waals surface area (Å²) < 4.78 is 53.9. The largest absolute Gasteiger partial charge is 0.495 e. The van der Waals surface area contributed by atoms with E-state index in [4.69, 9.17) is 55.9 Å². The summed E-state index contributed by atoms with van der Waals surface area (Å²) >= 11 is 26.7. The van der Waals surface area contributed by atoms with Crippen molar-refractivity contribution in [1.82, 2.24) is 39.1 Å². The van der Waals surface area contributed by atoms with Crippen LogP contribution in [0.2, 0.25) is 20.1 Å². The maximum Gasteiger partial charge on any atom is 0.435 e. The zero-order valence-electron chi connectivity index (χ0n) is 32.8. The lowest BCUT2D eigenvalue weighted by Gasteiger charge is -2.36. The highest BCUT2D eigenvalue weighted by Gasteiger charge is 2.34. The van der Waals surface area contributed by atoms with Gasteiger partial charge in [0, 0.05) is 82.1 Å². The lowest BCUT2D eigenvalue weighted by atomic mass is 10.2. The number of nitrogens with zero attached hydrogens (tertiary/aromatic N) is 10. The number of aromatic nitrogens is 6. The molecule has 2 aliphatic heterocycles. The van der Waals surface area contributed by atoms with Crippen LogP contribution in [-0.4, -0.2) is 118 Å². The summed E-state index contributed by atoms with van der Waals surface area (Å²) in [5.74, 6) is 1.15. The van der Waals surface area contributed by atoms with E-state index in [1.807, 2.05) is 42.2 Å². The van der Waals surface area contributed by atoms with Crippen molar-refractivity contribution in [3.63, 3.8) is 0 Å². The van der Waals surface area contributed by atoms with Gasteiger partial charge in [-0.3, -0.25) is 19.0 Å². The van der Waals surface area contributed by atoms with Crippen LogP contribution < -0.4 is 19.3 Å². The summed E-state index contributed by atoms with van der Waals surface area (Å²) in [6.45, 7) is 8.71. The summed E-state index contributed by atoms with van der Waals surface area (Å²) in [7, 11) is 3.16. The van der Waals surface area contributed by atoms with E-state index in [1.165, 1.54) is 4.68 Å². The maximum absolute atomic E-state index is 12.9. The maximum atomic E-state index is 12.9. The second kappa shape index (κ2) is 19.3. The Morgan fingerprint density at radius 3 is 1.53 bits per heavy atom. The van der Waals surface area contributed by atoms with Crippen LogP contribution in [0.25, 0.3) is 5.82 Å². The number of hydrogen-bond donors (Lipinski definition) is 0. The average Bonchev–Trinajstić information content (AvgIpc) is 3.91. The van der Waals surface area contributed by atoms with Crippen LogP contribution in [0.3, 0.4) is 0 Å². The Hall–Kier alpha value is -4.11. The number of rotatable bonds is 9. The molecule has 22 heteroatoms. The molecule has 2 aliphatic rings. The van der Waals surface area contributed by atoms with Crippen molar-refractivity contribution in [3.05, 3.63) is 89.5 Å². The highest BCUT2D eigenvalue weighted by Crippen LogP contribution is 2.32. The number of ether oxygens (including phenoxy) is 2. The van der Waals surface area contributed by atoms with E-state index in [1.54, 1.807) is 36.8 Å². The zero-order valence-corrected chi connectivity index (χ0v) is 38.0. The van der Waals surface area contributed by atoms with Crippen LogP contribution in [0, 0.1) is 17.5 Å². The molecule has 3 aromatic heterocycles. The highest BCUT2D eigenvalue weighted by atomic mass is 127. The van der Waals surface area contributed by atoms with Crippen LogP contribution in [-0.2, 0) is 28.9 Å². The van der Waals surface area contributed by atoms with Gasteiger partial charge in [-0.2, -0.15) is 28.5 Å². The van der Waals surface area contributed by atoms with Crippen molar-refractivity contribution in [3.8, 4) is 17.3 Å². The first-order chi connectivity index (χ1) is 28.5. The van der Waals surface area contributed by atoms with Crippen LogP contribution in [0.5, 0.6) is 11.5 Å². The van der Waals surface area contributed by atoms with Gasteiger partial charge in [0.2, 0.25) is 11.8 Å². The van der Waals surface area contributed by atoms with E-state index in [0.29, 0.717) is 71.5 Å². The number of piperazine rings is 2. The summed E-state index contributed by atoms with van der Waals surface area (Å²) in [6, 6.07) is 12.1. The normalized spacial score (nSPS) is 14.6. The topological polar surface area (TPSA) is 119 Å². The first-order valence-electron chi connectivity index (χ1n) is 18.5. The Bertz CT molecular complexity index is 2340.